The molecule has 29 heavy (non-hydrogen) atoms. The zero-order valence-corrected chi connectivity index (χ0v) is 17.6. The second-order valence-electron chi connectivity index (χ2n) is 8.53. The molecule has 3 fully saturated rings. The second kappa shape index (κ2) is 8.70. The molecule has 4 rings (SSSR count). The number of fused-ring (bicyclic) bond motifs is 1. The monoisotopic (exact) mass is 423 g/mol. The molecule has 0 aromatic heterocycles. The Morgan fingerprint density at radius 1 is 1.03 bits per heavy atom. The molecule has 3 heterocycles. The normalized spacial score (nSPS) is 25.0. The molecule has 1 amide bonds. The first-order valence-corrected chi connectivity index (χ1v) is 12.1. The topological polar surface area (TPSA) is 60.9 Å². The van der Waals surface area contributed by atoms with Gasteiger partial charge in [0.2, 0.25) is 15.9 Å². The molecule has 1 aromatic carbocycles. The third-order valence-corrected chi connectivity index (χ3v) is 8.56. The van der Waals surface area contributed by atoms with Crippen LogP contribution in [0.3, 0.4) is 0 Å². The number of sulfonamides is 1. The van der Waals surface area contributed by atoms with Crippen molar-refractivity contribution in [1.29, 1.82) is 0 Å². The lowest BCUT2D eigenvalue weighted by molar-refractivity contribution is -0.136. The molecular weight excluding hydrogens is 393 g/mol. The van der Waals surface area contributed by atoms with Gasteiger partial charge in [0.15, 0.2) is 0 Å². The molecule has 3 aliphatic heterocycles. The van der Waals surface area contributed by atoms with Crippen molar-refractivity contribution in [3.05, 3.63) is 30.1 Å². The highest BCUT2D eigenvalue weighted by molar-refractivity contribution is 7.89. The van der Waals surface area contributed by atoms with E-state index in [4.69, 9.17) is 0 Å². The fourth-order valence-corrected chi connectivity index (χ4v) is 6.39. The Bertz CT molecular complexity index is 839. The quantitative estimate of drug-likeness (QED) is 0.746. The molecular formula is C21H30FN3O3S. The van der Waals surface area contributed by atoms with Crippen molar-refractivity contribution in [2.45, 2.75) is 49.5 Å². The summed E-state index contributed by atoms with van der Waals surface area (Å²) in [6.07, 6.45) is 5.54. The number of rotatable bonds is 4. The van der Waals surface area contributed by atoms with Crippen LogP contribution in [-0.4, -0.2) is 73.7 Å². The molecule has 0 bridgehead atoms. The Kier molecular flexibility index (Phi) is 6.22. The number of nitrogens with zero attached hydrogens (tertiary/aromatic N) is 3. The summed E-state index contributed by atoms with van der Waals surface area (Å²) < 4.78 is 40.3. The van der Waals surface area contributed by atoms with Gasteiger partial charge < -0.3 is 4.90 Å². The molecule has 0 radical (unpaired) electrons. The molecule has 0 aliphatic carbocycles. The fraction of sp³-hybridized carbons (Fsp3) is 0.667. The number of piperidine rings is 2. The largest absolute Gasteiger partial charge is 0.340 e. The first-order valence-electron chi connectivity index (χ1n) is 10.7. The summed E-state index contributed by atoms with van der Waals surface area (Å²) in [5.41, 5.74) is 0. The lowest BCUT2D eigenvalue weighted by Crippen LogP contribution is -2.56. The highest BCUT2D eigenvalue weighted by atomic mass is 32.2. The van der Waals surface area contributed by atoms with E-state index in [0.29, 0.717) is 38.4 Å². The van der Waals surface area contributed by atoms with E-state index in [0.717, 1.165) is 32.2 Å². The van der Waals surface area contributed by atoms with Crippen molar-refractivity contribution in [2.24, 2.45) is 5.92 Å². The summed E-state index contributed by atoms with van der Waals surface area (Å²) >= 11 is 0. The Hall–Kier alpha value is -1.51. The van der Waals surface area contributed by atoms with Gasteiger partial charge in [-0.1, -0.05) is 12.5 Å². The van der Waals surface area contributed by atoms with Gasteiger partial charge >= 0.3 is 0 Å². The molecule has 0 saturated carbocycles. The molecule has 8 heteroatoms. The SMILES string of the molecule is O=C(CC1CCN(S(=O)(=O)c2cccc(F)c2)CC1)N1CCN2CCCC[C@H]2C1. The molecule has 0 N–H and O–H groups in total. The fourth-order valence-electron chi connectivity index (χ4n) is 4.89. The van der Waals surface area contributed by atoms with Crippen LogP contribution in [0.25, 0.3) is 0 Å². The standard InChI is InChI=1S/C21H30FN3O3S/c22-18-4-3-6-20(15-18)29(27,28)25-10-7-17(8-11-25)14-21(26)24-13-12-23-9-2-1-5-19(23)16-24/h3-4,6,15,17,19H,1-2,5,7-14,16H2/t19-/m0/s1. The summed E-state index contributed by atoms with van der Waals surface area (Å²) in [4.78, 5) is 17.3. The number of piperazine rings is 1. The van der Waals surface area contributed by atoms with Crippen molar-refractivity contribution < 1.29 is 17.6 Å². The van der Waals surface area contributed by atoms with Gasteiger partial charge in [-0.2, -0.15) is 4.31 Å². The van der Waals surface area contributed by atoms with E-state index in [2.05, 4.69) is 4.90 Å². The summed E-state index contributed by atoms with van der Waals surface area (Å²) in [6.45, 7) is 4.54. The lowest BCUT2D eigenvalue weighted by Gasteiger charge is -2.44. The van der Waals surface area contributed by atoms with E-state index >= 15 is 0 Å². The van der Waals surface area contributed by atoms with Crippen LogP contribution in [0.5, 0.6) is 0 Å². The van der Waals surface area contributed by atoms with Crippen molar-refractivity contribution in [1.82, 2.24) is 14.1 Å². The third kappa shape index (κ3) is 4.64. The highest BCUT2D eigenvalue weighted by Crippen LogP contribution is 2.27. The van der Waals surface area contributed by atoms with Crippen LogP contribution >= 0.6 is 0 Å². The minimum Gasteiger partial charge on any atom is -0.340 e. The van der Waals surface area contributed by atoms with Crippen LogP contribution in [-0.2, 0) is 14.8 Å². The Morgan fingerprint density at radius 2 is 1.83 bits per heavy atom. The Labute approximate surface area is 172 Å². The summed E-state index contributed by atoms with van der Waals surface area (Å²) in [5.74, 6) is -0.128. The number of carbonyl (C=O) groups excluding carboxylic acids is 1. The van der Waals surface area contributed by atoms with Crippen LogP contribution in [0.15, 0.2) is 29.2 Å². The number of halogens is 1. The van der Waals surface area contributed by atoms with Gasteiger partial charge in [0.05, 0.1) is 4.90 Å². The van der Waals surface area contributed by atoms with E-state index in [9.17, 15) is 17.6 Å². The van der Waals surface area contributed by atoms with E-state index < -0.39 is 15.8 Å². The summed E-state index contributed by atoms with van der Waals surface area (Å²) in [5, 5.41) is 0. The molecule has 160 valence electrons. The summed E-state index contributed by atoms with van der Waals surface area (Å²) in [6, 6.07) is 5.66. The smallest absolute Gasteiger partial charge is 0.243 e. The van der Waals surface area contributed by atoms with Crippen LogP contribution in [0, 0.1) is 11.7 Å². The predicted octanol–water partition coefficient (Wildman–Crippen LogP) is 2.31. The van der Waals surface area contributed by atoms with Crippen LogP contribution < -0.4 is 0 Å². The molecule has 0 unspecified atom stereocenters. The van der Waals surface area contributed by atoms with E-state index in [1.165, 1.54) is 41.8 Å². The first-order chi connectivity index (χ1) is 13.9. The predicted molar refractivity (Wildman–Crippen MR) is 108 cm³/mol. The zero-order chi connectivity index (χ0) is 20.4. The molecule has 3 aliphatic rings. The molecule has 3 saturated heterocycles. The van der Waals surface area contributed by atoms with Crippen LogP contribution in [0.2, 0.25) is 0 Å². The van der Waals surface area contributed by atoms with E-state index in [1.807, 2.05) is 4.90 Å². The van der Waals surface area contributed by atoms with Crippen molar-refractivity contribution in [2.75, 3.05) is 39.3 Å². The number of benzene rings is 1. The second-order valence-corrected chi connectivity index (χ2v) is 10.5. The van der Waals surface area contributed by atoms with Gasteiger partial charge in [0.25, 0.3) is 0 Å². The van der Waals surface area contributed by atoms with E-state index in [1.54, 1.807) is 0 Å². The molecule has 1 aromatic rings. The average molecular weight is 424 g/mol. The minimum atomic E-state index is -3.68. The number of carbonyl (C=O) groups is 1. The van der Waals surface area contributed by atoms with Gasteiger partial charge in [-0.3, -0.25) is 9.69 Å². The number of hydrogen-bond donors (Lipinski definition) is 0. The number of amides is 1. The average Bonchev–Trinajstić information content (AvgIpc) is 2.74. The van der Waals surface area contributed by atoms with Gasteiger partial charge in [-0.15, -0.1) is 0 Å². The van der Waals surface area contributed by atoms with Crippen molar-refractivity contribution in [3.8, 4) is 0 Å². The summed E-state index contributed by atoms with van der Waals surface area (Å²) in [7, 11) is -3.68. The van der Waals surface area contributed by atoms with E-state index in [-0.39, 0.29) is 16.7 Å². The maximum atomic E-state index is 13.4. The maximum Gasteiger partial charge on any atom is 0.243 e. The van der Waals surface area contributed by atoms with Crippen LogP contribution in [0.1, 0.15) is 38.5 Å². The molecule has 0 spiro atoms. The van der Waals surface area contributed by atoms with Gasteiger partial charge in [0, 0.05) is 45.2 Å². The molecule has 6 nitrogen and oxygen atoms in total. The first kappa shape index (κ1) is 20.8. The van der Waals surface area contributed by atoms with Crippen molar-refractivity contribution >= 4 is 15.9 Å². The van der Waals surface area contributed by atoms with Crippen molar-refractivity contribution in [3.63, 3.8) is 0 Å². The van der Waals surface area contributed by atoms with Crippen LogP contribution in [0.4, 0.5) is 4.39 Å². The Morgan fingerprint density at radius 3 is 2.59 bits per heavy atom. The lowest BCUT2D eigenvalue weighted by atomic mass is 9.93. The number of hydrogen-bond acceptors (Lipinski definition) is 4. The minimum absolute atomic E-state index is 0.00243. The molecule has 1 atom stereocenters. The maximum absolute atomic E-state index is 13.4. The van der Waals surface area contributed by atoms with Gasteiger partial charge in [-0.05, 0) is 56.3 Å². The third-order valence-electron chi connectivity index (χ3n) is 6.66. The zero-order valence-electron chi connectivity index (χ0n) is 16.8. The Balaban J connectivity index is 1.29. The van der Waals surface area contributed by atoms with Gasteiger partial charge in [-0.25, -0.2) is 12.8 Å². The van der Waals surface area contributed by atoms with Gasteiger partial charge in [0.1, 0.15) is 5.82 Å². The highest BCUT2D eigenvalue weighted by Gasteiger charge is 2.34.